The van der Waals surface area contributed by atoms with Crippen LogP contribution in [0.4, 0.5) is 0 Å². The summed E-state index contributed by atoms with van der Waals surface area (Å²) < 4.78 is 5.20. The van der Waals surface area contributed by atoms with Gasteiger partial charge in [-0.1, -0.05) is 18.2 Å². The van der Waals surface area contributed by atoms with Crippen molar-refractivity contribution in [1.29, 1.82) is 0 Å². The number of morpholine rings is 1. The number of amides is 2. The summed E-state index contributed by atoms with van der Waals surface area (Å²) in [5.74, 6) is -0.535. The number of hydrogen-bond acceptors (Lipinski definition) is 6. The largest absolute Gasteiger partial charge is 0.378 e. The summed E-state index contributed by atoms with van der Waals surface area (Å²) in [6, 6.07) is 7.46. The summed E-state index contributed by atoms with van der Waals surface area (Å²) >= 11 is 0. The summed E-state index contributed by atoms with van der Waals surface area (Å²) in [6.07, 6.45) is 0. The number of benzene rings is 1. The van der Waals surface area contributed by atoms with Crippen molar-refractivity contribution in [3.05, 3.63) is 29.8 Å². The molecular formula is C15H18N6O3. The number of nitrogens with zero attached hydrogens (tertiary/aromatic N) is 5. The highest BCUT2D eigenvalue weighted by Crippen LogP contribution is 2.16. The first-order valence-electron chi connectivity index (χ1n) is 7.60. The predicted octanol–water partition coefficient (Wildman–Crippen LogP) is -0.316. The van der Waals surface area contributed by atoms with Crippen LogP contribution in [0.15, 0.2) is 24.3 Å². The first-order valence-corrected chi connectivity index (χ1v) is 7.60. The Kier molecular flexibility index (Phi) is 4.80. The number of aromatic amines is 1. The number of rotatable bonds is 3. The van der Waals surface area contributed by atoms with E-state index in [1.165, 1.54) is 9.80 Å². The van der Waals surface area contributed by atoms with Crippen LogP contribution in [0.2, 0.25) is 0 Å². The lowest BCUT2D eigenvalue weighted by Crippen LogP contribution is -2.48. The topological polar surface area (TPSA) is 104 Å². The van der Waals surface area contributed by atoms with Crippen LogP contribution in [0.5, 0.6) is 0 Å². The predicted molar refractivity (Wildman–Crippen MR) is 83.5 cm³/mol. The molecule has 9 heteroatoms. The number of carbonyl (C=O) groups is 2. The lowest BCUT2D eigenvalue weighted by Gasteiger charge is -2.28. The van der Waals surface area contributed by atoms with E-state index in [1.54, 1.807) is 7.05 Å². The summed E-state index contributed by atoms with van der Waals surface area (Å²) in [7, 11) is 1.61. The minimum Gasteiger partial charge on any atom is -0.378 e. The van der Waals surface area contributed by atoms with Gasteiger partial charge in [-0.05, 0) is 16.8 Å². The monoisotopic (exact) mass is 330 g/mol. The Labute approximate surface area is 138 Å². The number of carbonyl (C=O) groups excluding carboxylic acids is 2. The molecule has 1 aliphatic heterocycles. The molecule has 3 rings (SSSR count). The Hall–Kier alpha value is -2.81. The second-order valence-corrected chi connectivity index (χ2v) is 5.50. The molecule has 1 fully saturated rings. The molecule has 126 valence electrons. The quantitative estimate of drug-likeness (QED) is 0.774. The van der Waals surface area contributed by atoms with E-state index in [0.29, 0.717) is 38.7 Å². The SMILES string of the molecule is CN(Cc1cccc(-c2nn[nH]n2)c1)C(=O)C(=O)N1CCOCC1. The number of aromatic nitrogens is 4. The van der Waals surface area contributed by atoms with Gasteiger partial charge in [-0.2, -0.15) is 5.21 Å². The molecule has 0 bridgehead atoms. The third-order valence-corrected chi connectivity index (χ3v) is 3.78. The Morgan fingerprint density at radius 1 is 1.33 bits per heavy atom. The molecule has 2 heterocycles. The third-order valence-electron chi connectivity index (χ3n) is 3.78. The van der Waals surface area contributed by atoms with Gasteiger partial charge < -0.3 is 14.5 Å². The maximum absolute atomic E-state index is 12.3. The molecule has 1 aromatic heterocycles. The second kappa shape index (κ2) is 7.18. The summed E-state index contributed by atoms with van der Waals surface area (Å²) in [6.45, 7) is 2.16. The molecule has 1 aromatic carbocycles. The summed E-state index contributed by atoms with van der Waals surface area (Å²) in [5, 5.41) is 13.8. The molecule has 0 radical (unpaired) electrons. The first kappa shape index (κ1) is 16.1. The van der Waals surface area contributed by atoms with Crippen molar-refractivity contribution in [2.45, 2.75) is 6.54 Å². The molecule has 0 atom stereocenters. The van der Waals surface area contributed by atoms with E-state index in [2.05, 4.69) is 20.6 Å². The van der Waals surface area contributed by atoms with Gasteiger partial charge in [-0.15, -0.1) is 10.2 Å². The number of tetrazole rings is 1. The highest BCUT2D eigenvalue weighted by atomic mass is 16.5. The first-order chi connectivity index (χ1) is 11.6. The molecule has 9 nitrogen and oxygen atoms in total. The van der Waals surface area contributed by atoms with Gasteiger partial charge in [-0.3, -0.25) is 9.59 Å². The van der Waals surface area contributed by atoms with E-state index < -0.39 is 11.8 Å². The van der Waals surface area contributed by atoms with E-state index in [4.69, 9.17) is 4.74 Å². The number of nitrogens with one attached hydrogen (secondary N) is 1. The van der Waals surface area contributed by atoms with Crippen LogP contribution >= 0.6 is 0 Å². The van der Waals surface area contributed by atoms with Crippen molar-refractivity contribution in [3.8, 4) is 11.4 Å². The number of likely N-dealkylation sites (N-methyl/N-ethyl adjacent to an activating group) is 1. The van der Waals surface area contributed by atoms with Crippen LogP contribution in [0.3, 0.4) is 0 Å². The second-order valence-electron chi connectivity index (χ2n) is 5.50. The molecule has 1 aliphatic rings. The molecule has 1 saturated heterocycles. The lowest BCUT2D eigenvalue weighted by atomic mass is 10.1. The zero-order chi connectivity index (χ0) is 16.9. The highest BCUT2D eigenvalue weighted by Gasteiger charge is 2.26. The maximum Gasteiger partial charge on any atom is 0.312 e. The third kappa shape index (κ3) is 3.57. The number of H-pyrrole nitrogens is 1. The van der Waals surface area contributed by atoms with Gasteiger partial charge in [0.15, 0.2) is 0 Å². The fourth-order valence-electron chi connectivity index (χ4n) is 2.50. The Morgan fingerprint density at radius 3 is 2.83 bits per heavy atom. The smallest absolute Gasteiger partial charge is 0.312 e. The van der Waals surface area contributed by atoms with Gasteiger partial charge >= 0.3 is 11.8 Å². The van der Waals surface area contributed by atoms with Crippen LogP contribution in [0, 0.1) is 0 Å². The van der Waals surface area contributed by atoms with Gasteiger partial charge in [0.1, 0.15) is 0 Å². The van der Waals surface area contributed by atoms with Crippen LogP contribution in [0.1, 0.15) is 5.56 Å². The molecular weight excluding hydrogens is 312 g/mol. The van der Waals surface area contributed by atoms with Crippen molar-refractivity contribution >= 4 is 11.8 Å². The van der Waals surface area contributed by atoms with E-state index in [9.17, 15) is 9.59 Å². The van der Waals surface area contributed by atoms with Crippen LogP contribution in [-0.4, -0.2) is 75.6 Å². The molecule has 2 aromatic rings. The Morgan fingerprint density at radius 2 is 2.12 bits per heavy atom. The Balaban J connectivity index is 1.65. The van der Waals surface area contributed by atoms with E-state index >= 15 is 0 Å². The molecule has 2 amide bonds. The molecule has 1 N–H and O–H groups in total. The number of hydrogen-bond donors (Lipinski definition) is 1. The van der Waals surface area contributed by atoms with Crippen LogP contribution in [-0.2, 0) is 20.9 Å². The van der Waals surface area contributed by atoms with Gasteiger partial charge in [0, 0.05) is 32.2 Å². The molecule has 24 heavy (non-hydrogen) atoms. The zero-order valence-corrected chi connectivity index (χ0v) is 13.3. The zero-order valence-electron chi connectivity index (χ0n) is 13.3. The van der Waals surface area contributed by atoms with Gasteiger partial charge in [0.05, 0.1) is 13.2 Å². The fourth-order valence-corrected chi connectivity index (χ4v) is 2.50. The minimum absolute atomic E-state index is 0.320. The van der Waals surface area contributed by atoms with E-state index in [1.807, 2.05) is 24.3 Å². The number of ether oxygens (including phenoxy) is 1. The molecule has 0 unspecified atom stereocenters. The average Bonchev–Trinajstić information content (AvgIpc) is 3.16. The van der Waals surface area contributed by atoms with Gasteiger partial charge in [0.2, 0.25) is 5.82 Å². The maximum atomic E-state index is 12.3. The molecule has 0 aliphatic carbocycles. The summed E-state index contributed by atoms with van der Waals surface area (Å²) in [5.41, 5.74) is 1.67. The summed E-state index contributed by atoms with van der Waals surface area (Å²) in [4.78, 5) is 27.5. The van der Waals surface area contributed by atoms with Crippen molar-refractivity contribution < 1.29 is 14.3 Å². The van der Waals surface area contributed by atoms with Gasteiger partial charge in [0.25, 0.3) is 0 Å². The lowest BCUT2D eigenvalue weighted by molar-refractivity contribution is -0.153. The van der Waals surface area contributed by atoms with E-state index in [-0.39, 0.29) is 0 Å². The van der Waals surface area contributed by atoms with Crippen LogP contribution < -0.4 is 0 Å². The Bertz CT molecular complexity index is 712. The molecule has 0 saturated carbocycles. The van der Waals surface area contributed by atoms with Crippen molar-refractivity contribution in [2.24, 2.45) is 0 Å². The standard InChI is InChI=1S/C15H18N6O3/c1-20(14(22)15(23)21-5-7-24-8-6-21)10-11-3-2-4-12(9-11)13-16-18-19-17-13/h2-4,9H,5-8,10H2,1H3,(H,16,17,18,19). The van der Waals surface area contributed by atoms with Crippen molar-refractivity contribution in [2.75, 3.05) is 33.4 Å². The normalized spacial score (nSPS) is 14.5. The van der Waals surface area contributed by atoms with E-state index in [0.717, 1.165) is 11.1 Å². The van der Waals surface area contributed by atoms with Crippen LogP contribution in [0.25, 0.3) is 11.4 Å². The van der Waals surface area contributed by atoms with Gasteiger partial charge in [-0.25, -0.2) is 0 Å². The van der Waals surface area contributed by atoms with Crippen molar-refractivity contribution in [3.63, 3.8) is 0 Å². The molecule has 0 spiro atoms. The minimum atomic E-state index is -0.526. The highest BCUT2D eigenvalue weighted by molar-refractivity contribution is 6.34. The average molecular weight is 330 g/mol. The fraction of sp³-hybridized carbons (Fsp3) is 0.400. The van der Waals surface area contributed by atoms with Crippen molar-refractivity contribution in [1.82, 2.24) is 30.4 Å².